The molecule has 0 saturated heterocycles. The molecule has 98 valence electrons. The number of carboxylic acid groups (broad SMARTS) is 1. The van der Waals surface area contributed by atoms with Gasteiger partial charge in [-0.15, -0.1) is 0 Å². The molecule has 0 aromatic heterocycles. The zero-order chi connectivity index (χ0) is 13.7. The average Bonchev–Trinajstić information content (AvgIpc) is 2.42. The summed E-state index contributed by atoms with van der Waals surface area (Å²) in [6.07, 6.45) is 1.38. The summed E-state index contributed by atoms with van der Waals surface area (Å²) in [6.45, 7) is 0. The Morgan fingerprint density at radius 3 is 2.26 bits per heavy atom. The van der Waals surface area contributed by atoms with Crippen molar-refractivity contribution in [1.29, 1.82) is 0 Å². The molecule has 0 fully saturated rings. The third-order valence-electron chi connectivity index (χ3n) is 3.13. The molecule has 0 amide bonds. The van der Waals surface area contributed by atoms with E-state index in [0.29, 0.717) is 6.42 Å². The monoisotopic (exact) mass is 318 g/mol. The molecule has 0 unspecified atom stereocenters. The highest BCUT2D eigenvalue weighted by atomic mass is 79.9. The van der Waals surface area contributed by atoms with E-state index in [-0.39, 0.29) is 0 Å². The minimum Gasteiger partial charge on any atom is -0.481 e. The Kier molecular flexibility index (Phi) is 4.74. The molecule has 0 saturated carbocycles. The van der Waals surface area contributed by atoms with E-state index >= 15 is 0 Å². The van der Waals surface area contributed by atoms with Gasteiger partial charge in [0.1, 0.15) is 0 Å². The highest BCUT2D eigenvalue weighted by Crippen LogP contribution is 2.24. The first-order valence-electron chi connectivity index (χ1n) is 6.19. The van der Waals surface area contributed by atoms with Crippen LogP contribution in [0.1, 0.15) is 23.5 Å². The molecule has 0 aliphatic rings. The number of halogens is 1. The van der Waals surface area contributed by atoms with Gasteiger partial charge in [-0.3, -0.25) is 4.79 Å². The van der Waals surface area contributed by atoms with Gasteiger partial charge in [0.05, 0.1) is 5.92 Å². The molecule has 2 aromatic rings. The minimum absolute atomic E-state index is 0.451. The highest BCUT2D eigenvalue weighted by molar-refractivity contribution is 9.10. The molecule has 0 heterocycles. The van der Waals surface area contributed by atoms with E-state index in [1.807, 2.05) is 54.6 Å². The number of carboxylic acids is 1. The van der Waals surface area contributed by atoms with Crippen LogP contribution in [0, 0.1) is 0 Å². The summed E-state index contributed by atoms with van der Waals surface area (Å²) in [6, 6.07) is 17.5. The molecule has 0 aliphatic carbocycles. The SMILES string of the molecule is O=C(O)[C@@H](CCc1ccccc1)c1ccc(Br)cc1. The Hall–Kier alpha value is -1.61. The van der Waals surface area contributed by atoms with Gasteiger partial charge in [-0.25, -0.2) is 0 Å². The van der Waals surface area contributed by atoms with Crippen LogP contribution in [0.3, 0.4) is 0 Å². The van der Waals surface area contributed by atoms with Crippen LogP contribution in [0.25, 0.3) is 0 Å². The number of rotatable bonds is 5. The summed E-state index contributed by atoms with van der Waals surface area (Å²) in [4.78, 5) is 11.4. The van der Waals surface area contributed by atoms with Crippen molar-refractivity contribution < 1.29 is 9.90 Å². The van der Waals surface area contributed by atoms with Crippen molar-refractivity contribution in [1.82, 2.24) is 0 Å². The number of benzene rings is 2. The first-order valence-corrected chi connectivity index (χ1v) is 6.98. The number of carbonyl (C=O) groups is 1. The van der Waals surface area contributed by atoms with Crippen LogP contribution in [-0.4, -0.2) is 11.1 Å². The Morgan fingerprint density at radius 1 is 1.05 bits per heavy atom. The van der Waals surface area contributed by atoms with E-state index in [2.05, 4.69) is 15.9 Å². The van der Waals surface area contributed by atoms with Gasteiger partial charge < -0.3 is 5.11 Å². The van der Waals surface area contributed by atoms with Crippen LogP contribution < -0.4 is 0 Å². The fourth-order valence-electron chi connectivity index (χ4n) is 2.08. The van der Waals surface area contributed by atoms with Crippen molar-refractivity contribution >= 4 is 21.9 Å². The Labute approximate surface area is 121 Å². The van der Waals surface area contributed by atoms with Crippen molar-refractivity contribution in [2.45, 2.75) is 18.8 Å². The smallest absolute Gasteiger partial charge is 0.310 e. The molecule has 0 aliphatic heterocycles. The Balaban J connectivity index is 2.09. The summed E-state index contributed by atoms with van der Waals surface area (Å²) in [5, 5.41) is 9.36. The summed E-state index contributed by atoms with van der Waals surface area (Å²) < 4.78 is 0.962. The predicted molar refractivity (Wildman–Crippen MR) is 79.3 cm³/mol. The maximum Gasteiger partial charge on any atom is 0.310 e. The van der Waals surface area contributed by atoms with E-state index in [1.165, 1.54) is 5.56 Å². The van der Waals surface area contributed by atoms with Gasteiger partial charge in [0.25, 0.3) is 0 Å². The van der Waals surface area contributed by atoms with Gasteiger partial charge in [0.15, 0.2) is 0 Å². The second-order valence-electron chi connectivity index (χ2n) is 4.47. The molecule has 1 N–H and O–H groups in total. The molecule has 1 atom stereocenters. The fourth-order valence-corrected chi connectivity index (χ4v) is 2.35. The molecule has 2 rings (SSSR count). The van der Waals surface area contributed by atoms with E-state index in [9.17, 15) is 9.90 Å². The van der Waals surface area contributed by atoms with Gasteiger partial charge in [0, 0.05) is 4.47 Å². The molecule has 0 bridgehead atoms. The number of aryl methyl sites for hydroxylation is 1. The molecular weight excluding hydrogens is 304 g/mol. The maximum atomic E-state index is 11.4. The largest absolute Gasteiger partial charge is 0.481 e. The van der Waals surface area contributed by atoms with E-state index in [0.717, 1.165) is 16.5 Å². The molecule has 19 heavy (non-hydrogen) atoms. The van der Waals surface area contributed by atoms with Gasteiger partial charge >= 0.3 is 5.97 Å². The normalized spacial score (nSPS) is 12.1. The third kappa shape index (κ3) is 3.93. The van der Waals surface area contributed by atoms with Gasteiger partial charge in [-0.2, -0.15) is 0 Å². The molecule has 2 aromatic carbocycles. The standard InChI is InChI=1S/C16H15BrO2/c17-14-9-7-13(8-10-14)15(16(18)19)11-6-12-4-2-1-3-5-12/h1-5,7-10,15H,6,11H2,(H,18,19)/t15-/m0/s1. The van der Waals surface area contributed by atoms with E-state index < -0.39 is 11.9 Å². The van der Waals surface area contributed by atoms with Crippen molar-refractivity contribution in [2.24, 2.45) is 0 Å². The average molecular weight is 319 g/mol. The lowest BCUT2D eigenvalue weighted by molar-refractivity contribution is -0.138. The third-order valence-corrected chi connectivity index (χ3v) is 3.66. The maximum absolute atomic E-state index is 11.4. The molecular formula is C16H15BrO2. The number of hydrogen-bond acceptors (Lipinski definition) is 1. The zero-order valence-electron chi connectivity index (χ0n) is 10.4. The number of hydrogen-bond donors (Lipinski definition) is 1. The lowest BCUT2D eigenvalue weighted by Crippen LogP contribution is -2.12. The summed E-state index contributed by atoms with van der Waals surface area (Å²) in [5.74, 6) is -1.22. The topological polar surface area (TPSA) is 37.3 Å². The van der Waals surface area contributed by atoms with Gasteiger partial charge in [-0.05, 0) is 36.1 Å². The molecule has 0 spiro atoms. The van der Waals surface area contributed by atoms with Crippen molar-refractivity contribution in [3.05, 3.63) is 70.2 Å². The van der Waals surface area contributed by atoms with Crippen LogP contribution in [0.5, 0.6) is 0 Å². The zero-order valence-corrected chi connectivity index (χ0v) is 12.0. The second-order valence-corrected chi connectivity index (χ2v) is 5.38. The first kappa shape index (κ1) is 13.8. The van der Waals surface area contributed by atoms with Crippen molar-refractivity contribution in [3.8, 4) is 0 Å². The van der Waals surface area contributed by atoms with Crippen LogP contribution in [0.15, 0.2) is 59.1 Å². The number of aliphatic carboxylic acids is 1. The lowest BCUT2D eigenvalue weighted by atomic mass is 9.92. The van der Waals surface area contributed by atoms with E-state index in [4.69, 9.17) is 0 Å². The van der Waals surface area contributed by atoms with Crippen LogP contribution in [0.2, 0.25) is 0 Å². The predicted octanol–water partition coefficient (Wildman–Crippen LogP) is 4.25. The summed E-state index contributed by atoms with van der Waals surface area (Å²) in [7, 11) is 0. The quantitative estimate of drug-likeness (QED) is 0.894. The van der Waals surface area contributed by atoms with Crippen LogP contribution in [0.4, 0.5) is 0 Å². The molecule has 3 heteroatoms. The molecule has 2 nitrogen and oxygen atoms in total. The van der Waals surface area contributed by atoms with Gasteiger partial charge in [-0.1, -0.05) is 58.4 Å². The first-order chi connectivity index (χ1) is 9.16. The summed E-state index contributed by atoms with van der Waals surface area (Å²) >= 11 is 3.36. The van der Waals surface area contributed by atoms with Crippen LogP contribution >= 0.6 is 15.9 Å². The van der Waals surface area contributed by atoms with E-state index in [1.54, 1.807) is 0 Å². The summed E-state index contributed by atoms with van der Waals surface area (Å²) in [5.41, 5.74) is 2.03. The van der Waals surface area contributed by atoms with Crippen molar-refractivity contribution in [3.63, 3.8) is 0 Å². The lowest BCUT2D eigenvalue weighted by Gasteiger charge is -2.13. The highest BCUT2D eigenvalue weighted by Gasteiger charge is 2.19. The van der Waals surface area contributed by atoms with Crippen molar-refractivity contribution in [2.75, 3.05) is 0 Å². The fraction of sp³-hybridized carbons (Fsp3) is 0.188. The second kappa shape index (κ2) is 6.53. The molecule has 0 radical (unpaired) electrons. The Bertz CT molecular complexity index is 534. The Morgan fingerprint density at radius 2 is 1.68 bits per heavy atom. The minimum atomic E-state index is -0.766. The van der Waals surface area contributed by atoms with Gasteiger partial charge in [0.2, 0.25) is 0 Å². The van der Waals surface area contributed by atoms with Crippen LogP contribution in [-0.2, 0) is 11.2 Å².